The van der Waals surface area contributed by atoms with Gasteiger partial charge in [-0.05, 0) is 50.4 Å². The molecule has 3 fully saturated rings. The van der Waals surface area contributed by atoms with Crippen molar-refractivity contribution in [2.24, 2.45) is 11.3 Å². The van der Waals surface area contributed by atoms with Crippen molar-refractivity contribution in [2.45, 2.75) is 57.5 Å². The number of hydrogen-bond acceptors (Lipinski definition) is 3. The summed E-state index contributed by atoms with van der Waals surface area (Å²) in [6.07, 6.45) is 8.32. The molecule has 1 aliphatic carbocycles. The number of nitrogens with zero attached hydrogens (tertiary/aromatic N) is 2. The molecule has 3 aliphatic rings. The Kier molecular flexibility index (Phi) is 5.28. The van der Waals surface area contributed by atoms with Gasteiger partial charge in [0.25, 0.3) is 0 Å². The molecule has 0 atom stereocenters. The Morgan fingerprint density at radius 2 is 1.88 bits per heavy atom. The Morgan fingerprint density at radius 3 is 2.50 bits per heavy atom. The minimum absolute atomic E-state index is 0.104. The summed E-state index contributed by atoms with van der Waals surface area (Å²) < 4.78 is 0. The van der Waals surface area contributed by atoms with Crippen molar-refractivity contribution in [3.8, 4) is 0 Å². The monoisotopic (exact) mass is 334 g/mol. The summed E-state index contributed by atoms with van der Waals surface area (Å²) in [6, 6.07) is 0. The fourth-order valence-electron chi connectivity index (χ4n) is 4.62. The number of hydrogen-bond donors (Lipinski definition) is 1. The number of aliphatic hydroxyl groups excluding tert-OH is 1. The van der Waals surface area contributed by atoms with Crippen molar-refractivity contribution >= 4 is 11.8 Å². The van der Waals surface area contributed by atoms with E-state index in [1.165, 1.54) is 0 Å². The predicted molar refractivity (Wildman–Crippen MR) is 92.2 cm³/mol. The van der Waals surface area contributed by atoms with Gasteiger partial charge in [-0.15, -0.1) is 6.58 Å². The minimum Gasteiger partial charge on any atom is -0.393 e. The first kappa shape index (κ1) is 17.5. The lowest BCUT2D eigenvalue weighted by Gasteiger charge is -2.47. The fraction of sp³-hybridized carbons (Fsp3) is 0.789. The van der Waals surface area contributed by atoms with E-state index in [4.69, 9.17) is 0 Å². The highest BCUT2D eigenvalue weighted by Gasteiger charge is 2.42. The zero-order valence-electron chi connectivity index (χ0n) is 14.6. The summed E-state index contributed by atoms with van der Waals surface area (Å²) in [5.74, 6) is 0.624. The second kappa shape index (κ2) is 7.26. The van der Waals surface area contributed by atoms with Crippen LogP contribution in [0.4, 0.5) is 0 Å². The van der Waals surface area contributed by atoms with E-state index in [0.29, 0.717) is 13.0 Å². The van der Waals surface area contributed by atoms with E-state index in [9.17, 15) is 14.7 Å². The molecular weight excluding hydrogens is 304 g/mol. The normalized spacial score (nSPS) is 30.5. The average molecular weight is 334 g/mol. The quantitative estimate of drug-likeness (QED) is 0.803. The zero-order chi connectivity index (χ0) is 17.2. The van der Waals surface area contributed by atoms with Crippen LogP contribution in [0, 0.1) is 11.3 Å². The van der Waals surface area contributed by atoms with Crippen LogP contribution in [0.5, 0.6) is 0 Å². The molecule has 5 heteroatoms. The van der Waals surface area contributed by atoms with Gasteiger partial charge in [0.15, 0.2) is 0 Å². The first-order chi connectivity index (χ1) is 11.5. The zero-order valence-corrected chi connectivity index (χ0v) is 14.6. The smallest absolute Gasteiger partial charge is 0.225 e. The Bertz CT molecular complexity index is 489. The molecule has 2 amide bonds. The number of rotatable bonds is 3. The van der Waals surface area contributed by atoms with Gasteiger partial charge in [-0.2, -0.15) is 0 Å². The highest BCUT2D eigenvalue weighted by Crippen LogP contribution is 2.40. The Labute approximate surface area is 144 Å². The van der Waals surface area contributed by atoms with E-state index in [2.05, 4.69) is 6.58 Å². The van der Waals surface area contributed by atoms with Gasteiger partial charge in [-0.1, -0.05) is 6.08 Å². The summed E-state index contributed by atoms with van der Waals surface area (Å²) in [5.41, 5.74) is 0.191. The van der Waals surface area contributed by atoms with Crippen molar-refractivity contribution < 1.29 is 14.7 Å². The lowest BCUT2D eigenvalue weighted by molar-refractivity contribution is -0.144. The molecule has 1 saturated carbocycles. The van der Waals surface area contributed by atoms with Gasteiger partial charge in [-0.25, -0.2) is 0 Å². The van der Waals surface area contributed by atoms with Gasteiger partial charge >= 0.3 is 0 Å². The van der Waals surface area contributed by atoms with E-state index in [-0.39, 0.29) is 29.3 Å². The first-order valence-corrected chi connectivity index (χ1v) is 9.38. The van der Waals surface area contributed by atoms with Gasteiger partial charge in [-0.3, -0.25) is 9.59 Å². The summed E-state index contributed by atoms with van der Waals surface area (Å²) in [7, 11) is 0. The van der Waals surface area contributed by atoms with Crippen LogP contribution in [0.1, 0.15) is 51.4 Å². The van der Waals surface area contributed by atoms with Crippen LogP contribution in [-0.2, 0) is 9.59 Å². The van der Waals surface area contributed by atoms with Crippen molar-refractivity contribution in [2.75, 3.05) is 26.2 Å². The number of likely N-dealkylation sites (tertiary alicyclic amines) is 2. The van der Waals surface area contributed by atoms with E-state index in [1.54, 1.807) is 6.08 Å². The van der Waals surface area contributed by atoms with Crippen molar-refractivity contribution in [1.29, 1.82) is 0 Å². The van der Waals surface area contributed by atoms with Crippen molar-refractivity contribution in [3.05, 3.63) is 12.7 Å². The summed E-state index contributed by atoms with van der Waals surface area (Å²) in [4.78, 5) is 28.7. The lowest BCUT2D eigenvalue weighted by atomic mass is 9.72. The minimum atomic E-state index is -0.214. The second-order valence-corrected chi connectivity index (χ2v) is 7.89. The molecule has 24 heavy (non-hydrogen) atoms. The molecule has 0 aromatic carbocycles. The van der Waals surface area contributed by atoms with Crippen LogP contribution in [0.3, 0.4) is 0 Å². The van der Waals surface area contributed by atoms with Crippen LogP contribution in [-0.4, -0.2) is 59.0 Å². The molecule has 1 N–H and O–H groups in total. The summed E-state index contributed by atoms with van der Waals surface area (Å²) in [5, 5.41) is 9.61. The maximum atomic E-state index is 12.7. The molecule has 3 rings (SSSR count). The van der Waals surface area contributed by atoms with Crippen molar-refractivity contribution in [1.82, 2.24) is 9.80 Å². The standard InChI is InChI=1S/C19H30N2O3/c1-2-11-21-14-19(8-7-17(21)23)9-12-20(13-10-19)18(24)15-3-5-16(22)6-4-15/h2,15-16,22H,1,3-14H2. The fourth-order valence-corrected chi connectivity index (χ4v) is 4.62. The highest BCUT2D eigenvalue weighted by atomic mass is 16.3. The molecule has 0 aromatic rings. The van der Waals surface area contributed by atoms with Gasteiger partial charge in [0.05, 0.1) is 6.10 Å². The maximum absolute atomic E-state index is 12.7. The number of aliphatic hydroxyl groups is 1. The molecule has 2 aliphatic heterocycles. The molecular formula is C19H30N2O3. The average Bonchev–Trinajstić information content (AvgIpc) is 2.59. The number of carbonyl (C=O) groups excluding carboxylic acids is 2. The topological polar surface area (TPSA) is 60.9 Å². The summed E-state index contributed by atoms with van der Waals surface area (Å²) >= 11 is 0. The van der Waals surface area contributed by atoms with Crippen LogP contribution in [0.2, 0.25) is 0 Å². The van der Waals surface area contributed by atoms with Gasteiger partial charge in [0.2, 0.25) is 11.8 Å². The van der Waals surface area contributed by atoms with Crippen LogP contribution in [0.25, 0.3) is 0 Å². The molecule has 0 unspecified atom stereocenters. The van der Waals surface area contributed by atoms with E-state index < -0.39 is 0 Å². The molecule has 134 valence electrons. The molecule has 0 radical (unpaired) electrons. The van der Waals surface area contributed by atoms with Crippen molar-refractivity contribution in [3.63, 3.8) is 0 Å². The van der Waals surface area contributed by atoms with Gasteiger partial charge in [0, 0.05) is 38.5 Å². The molecule has 1 spiro atoms. The molecule has 0 aromatic heterocycles. The molecule has 5 nitrogen and oxygen atoms in total. The van der Waals surface area contributed by atoms with Crippen LogP contribution < -0.4 is 0 Å². The van der Waals surface area contributed by atoms with Gasteiger partial charge < -0.3 is 14.9 Å². The predicted octanol–water partition coefficient (Wildman–Crippen LogP) is 1.95. The van der Waals surface area contributed by atoms with E-state index >= 15 is 0 Å². The highest BCUT2D eigenvalue weighted by molar-refractivity contribution is 5.79. The van der Waals surface area contributed by atoms with Crippen LogP contribution >= 0.6 is 0 Å². The second-order valence-electron chi connectivity index (χ2n) is 7.89. The molecule has 2 heterocycles. The van der Waals surface area contributed by atoms with E-state index in [0.717, 1.165) is 64.6 Å². The van der Waals surface area contributed by atoms with Gasteiger partial charge in [0.1, 0.15) is 0 Å². The van der Waals surface area contributed by atoms with Crippen LogP contribution in [0.15, 0.2) is 12.7 Å². The number of carbonyl (C=O) groups is 2. The SMILES string of the molecule is C=CCN1CC2(CCC1=O)CCN(C(=O)C1CCC(O)CC1)CC2. The Hall–Kier alpha value is -1.36. The van der Waals surface area contributed by atoms with E-state index in [1.807, 2.05) is 9.80 Å². The third-order valence-electron chi connectivity index (χ3n) is 6.28. The molecule has 2 saturated heterocycles. The number of amides is 2. The number of piperidine rings is 2. The summed E-state index contributed by atoms with van der Waals surface area (Å²) in [6.45, 7) is 6.83. The maximum Gasteiger partial charge on any atom is 0.225 e. The third-order valence-corrected chi connectivity index (χ3v) is 6.28. The Balaban J connectivity index is 1.54. The Morgan fingerprint density at radius 1 is 1.21 bits per heavy atom. The first-order valence-electron chi connectivity index (χ1n) is 9.38. The molecule has 0 bridgehead atoms. The lowest BCUT2D eigenvalue weighted by Crippen LogP contribution is -2.53. The largest absolute Gasteiger partial charge is 0.393 e. The third kappa shape index (κ3) is 3.66.